The van der Waals surface area contributed by atoms with E-state index in [2.05, 4.69) is 5.32 Å². The summed E-state index contributed by atoms with van der Waals surface area (Å²) in [4.78, 5) is 54.2. The summed E-state index contributed by atoms with van der Waals surface area (Å²) in [5.74, 6) is -2.92. The summed E-state index contributed by atoms with van der Waals surface area (Å²) >= 11 is 0. The molecule has 3 amide bonds. The average Bonchev–Trinajstić information content (AvgIpc) is 3.26. The van der Waals surface area contributed by atoms with Crippen LogP contribution in [-0.2, 0) is 20.8 Å². The summed E-state index contributed by atoms with van der Waals surface area (Å²) in [5.41, 5.74) is 5.31. The van der Waals surface area contributed by atoms with Crippen molar-refractivity contribution in [3.8, 4) is 0 Å². The second-order valence-electron chi connectivity index (χ2n) is 10.8. The van der Waals surface area contributed by atoms with Gasteiger partial charge in [-0.15, -0.1) is 0 Å². The van der Waals surface area contributed by atoms with Crippen LogP contribution in [0.25, 0.3) is 0 Å². The van der Waals surface area contributed by atoms with Crippen molar-refractivity contribution in [1.82, 2.24) is 4.90 Å². The number of hydrogen-bond donors (Lipinski definition) is 1. The van der Waals surface area contributed by atoms with Gasteiger partial charge in [0, 0.05) is 36.1 Å². The number of nitrogens with zero attached hydrogens (tertiary/aromatic N) is 2. The summed E-state index contributed by atoms with van der Waals surface area (Å²) in [6.07, 6.45) is 0.145. The molecule has 2 bridgehead atoms. The molecular weight excluding hydrogens is 518 g/mol. The van der Waals surface area contributed by atoms with Gasteiger partial charge in [-0.3, -0.25) is 29.4 Å². The maximum atomic E-state index is 14.3. The summed E-state index contributed by atoms with van der Waals surface area (Å²) in [5, 5.41) is 13.9. The Morgan fingerprint density at radius 2 is 1.20 bits per heavy atom. The molecule has 3 atom stereocenters. The van der Waals surface area contributed by atoms with E-state index in [0.717, 1.165) is 27.8 Å². The van der Waals surface area contributed by atoms with Crippen LogP contribution in [0.15, 0.2) is 103 Å². The summed E-state index contributed by atoms with van der Waals surface area (Å²) < 4.78 is 0. The third-order valence-electron chi connectivity index (χ3n) is 8.71. The number of imide groups is 1. The van der Waals surface area contributed by atoms with E-state index in [9.17, 15) is 24.5 Å². The van der Waals surface area contributed by atoms with E-state index >= 15 is 0 Å². The van der Waals surface area contributed by atoms with E-state index in [-0.39, 0.29) is 35.8 Å². The lowest BCUT2D eigenvalue weighted by atomic mass is 9.55. The van der Waals surface area contributed by atoms with Crippen molar-refractivity contribution in [3.63, 3.8) is 0 Å². The third kappa shape index (κ3) is 3.86. The highest BCUT2D eigenvalue weighted by atomic mass is 16.6. The quantitative estimate of drug-likeness (QED) is 0.208. The molecule has 1 heterocycles. The van der Waals surface area contributed by atoms with Crippen LogP contribution in [0.5, 0.6) is 0 Å². The Hall–Kier alpha value is -5.11. The van der Waals surface area contributed by atoms with Gasteiger partial charge in [-0.25, -0.2) is 0 Å². The SMILES string of the molecule is O=C(Nc1ccc([N+](=O)[O-])cc1)[C@H](Cc1ccccc1)N1C(=O)[C@@H]2C3c4ccccc4C(c4ccccc43)[C@@H]2C1=O. The molecule has 4 aromatic carbocycles. The van der Waals surface area contributed by atoms with Crippen LogP contribution in [0, 0.1) is 22.0 Å². The maximum absolute atomic E-state index is 14.3. The molecule has 1 saturated heterocycles. The normalized spacial score (nSPS) is 22.5. The number of non-ortho nitro benzene ring substituents is 1. The van der Waals surface area contributed by atoms with Gasteiger partial charge in [0.25, 0.3) is 5.69 Å². The average molecular weight is 544 g/mol. The minimum atomic E-state index is -1.09. The van der Waals surface area contributed by atoms with Crippen molar-refractivity contribution in [3.05, 3.63) is 141 Å². The van der Waals surface area contributed by atoms with E-state index in [1.54, 1.807) is 0 Å². The molecule has 0 unspecified atom stereocenters. The number of benzene rings is 4. The largest absolute Gasteiger partial charge is 0.324 e. The van der Waals surface area contributed by atoms with Crippen molar-refractivity contribution < 1.29 is 19.3 Å². The molecule has 0 aromatic heterocycles. The number of nitro benzene ring substituents is 1. The van der Waals surface area contributed by atoms with Gasteiger partial charge in [0.05, 0.1) is 16.8 Å². The summed E-state index contributed by atoms with van der Waals surface area (Å²) in [6, 6.07) is 29.7. The molecule has 3 aliphatic carbocycles. The van der Waals surface area contributed by atoms with Crippen LogP contribution in [-0.4, -0.2) is 33.6 Å². The number of carbonyl (C=O) groups is 3. The highest BCUT2D eigenvalue weighted by Gasteiger charge is 2.63. The van der Waals surface area contributed by atoms with Crippen LogP contribution in [0.1, 0.15) is 39.7 Å². The van der Waals surface area contributed by atoms with Gasteiger partial charge >= 0.3 is 0 Å². The second kappa shape index (κ2) is 9.52. The molecule has 41 heavy (non-hydrogen) atoms. The number of anilines is 1. The van der Waals surface area contributed by atoms with Gasteiger partial charge in [0.1, 0.15) is 6.04 Å². The van der Waals surface area contributed by atoms with Crippen LogP contribution in [0.3, 0.4) is 0 Å². The molecule has 0 saturated carbocycles. The highest BCUT2D eigenvalue weighted by molar-refractivity contribution is 6.11. The first-order valence-electron chi connectivity index (χ1n) is 13.6. The minimum Gasteiger partial charge on any atom is -0.324 e. The zero-order chi connectivity index (χ0) is 28.2. The van der Waals surface area contributed by atoms with Gasteiger partial charge < -0.3 is 5.32 Å². The Bertz CT molecular complexity index is 1600. The second-order valence-corrected chi connectivity index (χ2v) is 10.8. The highest BCUT2D eigenvalue weighted by Crippen LogP contribution is 2.61. The standard InChI is InChI=1S/C33H25N3O5/c37-31(34-20-14-16-21(17-15-20)36(40)41)26(18-19-8-2-1-3-9-19)35-32(38)29-27-22-10-4-5-11-23(22)28(30(29)33(35)39)25-13-7-6-12-24(25)27/h1-17,26-30H,18H2,(H,34,37)/t26-,27?,28?,29-,30+/m0/s1. The lowest BCUT2D eigenvalue weighted by molar-refractivity contribution is -0.384. The number of amides is 3. The first kappa shape index (κ1) is 24.9. The van der Waals surface area contributed by atoms with Gasteiger partial charge in [0.15, 0.2) is 0 Å². The molecule has 4 aromatic rings. The first-order valence-corrected chi connectivity index (χ1v) is 13.6. The summed E-state index contributed by atoms with van der Waals surface area (Å²) in [7, 11) is 0. The van der Waals surface area contributed by atoms with Crippen molar-refractivity contribution in [2.45, 2.75) is 24.3 Å². The minimum absolute atomic E-state index is 0.104. The lowest BCUT2D eigenvalue weighted by Crippen LogP contribution is -2.49. The number of carbonyl (C=O) groups excluding carboxylic acids is 3. The Labute approximate surface area is 235 Å². The molecular formula is C33H25N3O5. The van der Waals surface area contributed by atoms with Crippen molar-refractivity contribution in [2.75, 3.05) is 5.32 Å². The predicted octanol–water partition coefficient (Wildman–Crippen LogP) is 5.04. The number of nitrogens with one attached hydrogen (secondary N) is 1. The van der Waals surface area contributed by atoms with Crippen molar-refractivity contribution in [1.29, 1.82) is 0 Å². The molecule has 1 aliphatic heterocycles. The molecule has 1 fully saturated rings. The van der Waals surface area contributed by atoms with Gasteiger partial charge in [-0.1, -0.05) is 78.9 Å². The van der Waals surface area contributed by atoms with E-state index in [1.165, 1.54) is 29.2 Å². The third-order valence-corrected chi connectivity index (χ3v) is 8.71. The molecule has 8 nitrogen and oxygen atoms in total. The van der Waals surface area contributed by atoms with Gasteiger partial charge in [-0.05, 0) is 39.9 Å². The lowest BCUT2D eigenvalue weighted by Gasteiger charge is -2.45. The topological polar surface area (TPSA) is 110 Å². The molecule has 8 rings (SSSR count). The Balaban J connectivity index is 1.28. The van der Waals surface area contributed by atoms with E-state index < -0.39 is 28.7 Å². The molecule has 202 valence electrons. The number of likely N-dealkylation sites (tertiary alicyclic amines) is 1. The first-order chi connectivity index (χ1) is 19.9. The van der Waals surface area contributed by atoms with Crippen LogP contribution in [0.4, 0.5) is 11.4 Å². The fourth-order valence-electron chi connectivity index (χ4n) is 7.04. The van der Waals surface area contributed by atoms with E-state index in [0.29, 0.717) is 5.69 Å². The fourth-order valence-corrected chi connectivity index (χ4v) is 7.04. The molecule has 1 N–H and O–H groups in total. The molecule has 8 heteroatoms. The Morgan fingerprint density at radius 1 is 0.732 bits per heavy atom. The van der Waals surface area contributed by atoms with Gasteiger partial charge in [-0.2, -0.15) is 0 Å². The number of rotatable bonds is 6. The molecule has 0 radical (unpaired) electrons. The zero-order valence-electron chi connectivity index (χ0n) is 21.8. The van der Waals surface area contributed by atoms with E-state index in [1.807, 2.05) is 78.9 Å². The van der Waals surface area contributed by atoms with Crippen molar-refractivity contribution >= 4 is 29.1 Å². The zero-order valence-corrected chi connectivity index (χ0v) is 21.8. The number of nitro groups is 1. The van der Waals surface area contributed by atoms with E-state index in [4.69, 9.17) is 0 Å². The van der Waals surface area contributed by atoms with Crippen LogP contribution < -0.4 is 5.32 Å². The number of hydrogen-bond acceptors (Lipinski definition) is 5. The maximum Gasteiger partial charge on any atom is 0.269 e. The fraction of sp³-hybridized carbons (Fsp3) is 0.182. The Kier molecular flexibility index (Phi) is 5.78. The molecule has 4 aliphatic rings. The van der Waals surface area contributed by atoms with Crippen LogP contribution in [0.2, 0.25) is 0 Å². The Morgan fingerprint density at radius 3 is 1.66 bits per heavy atom. The predicted molar refractivity (Wildman–Crippen MR) is 151 cm³/mol. The van der Waals surface area contributed by atoms with Gasteiger partial charge in [0.2, 0.25) is 17.7 Å². The van der Waals surface area contributed by atoms with Crippen molar-refractivity contribution in [2.24, 2.45) is 11.8 Å². The van der Waals surface area contributed by atoms with Crippen LogP contribution >= 0.6 is 0 Å². The monoisotopic (exact) mass is 543 g/mol. The smallest absolute Gasteiger partial charge is 0.269 e. The summed E-state index contributed by atoms with van der Waals surface area (Å²) in [6.45, 7) is 0. The molecule has 0 spiro atoms.